The molecule has 6 heteroatoms. The number of carbonyl (C=O) groups excluding carboxylic acids is 2. The van der Waals surface area contributed by atoms with Crippen molar-refractivity contribution in [1.29, 1.82) is 0 Å². The highest BCUT2D eigenvalue weighted by Gasteiger charge is 2.16. The number of benzene rings is 1. The number of nitrogens with one attached hydrogen (secondary N) is 2. The SMILES string of the molecule is CNC(=O)c1ccc(OC)c(NC(=O)c2occc2C)c1. The van der Waals surface area contributed by atoms with Crippen molar-refractivity contribution >= 4 is 17.5 Å². The minimum atomic E-state index is -0.398. The summed E-state index contributed by atoms with van der Waals surface area (Å²) in [7, 11) is 3.03. The standard InChI is InChI=1S/C15H16N2O4/c1-9-6-7-21-13(9)15(19)17-11-8-10(14(18)16-2)4-5-12(11)20-3/h4-8H,1-3H3,(H,16,18)(H,17,19). The summed E-state index contributed by atoms with van der Waals surface area (Å²) in [6.07, 6.45) is 1.45. The number of rotatable bonds is 4. The van der Waals surface area contributed by atoms with Crippen molar-refractivity contribution in [2.45, 2.75) is 6.92 Å². The molecule has 0 fully saturated rings. The number of hydrogen-bond donors (Lipinski definition) is 2. The van der Waals surface area contributed by atoms with E-state index in [0.717, 1.165) is 5.56 Å². The van der Waals surface area contributed by atoms with Crippen LogP contribution in [-0.4, -0.2) is 26.0 Å². The number of ether oxygens (including phenoxy) is 1. The van der Waals surface area contributed by atoms with Crippen molar-refractivity contribution in [1.82, 2.24) is 5.32 Å². The van der Waals surface area contributed by atoms with Gasteiger partial charge in [-0.15, -0.1) is 0 Å². The Balaban J connectivity index is 2.31. The van der Waals surface area contributed by atoms with Crippen LogP contribution < -0.4 is 15.4 Å². The van der Waals surface area contributed by atoms with E-state index < -0.39 is 5.91 Å². The van der Waals surface area contributed by atoms with Gasteiger partial charge in [0.1, 0.15) is 5.75 Å². The third-order valence-corrected chi connectivity index (χ3v) is 3.01. The first-order valence-corrected chi connectivity index (χ1v) is 6.32. The summed E-state index contributed by atoms with van der Waals surface area (Å²) in [5.41, 5.74) is 1.55. The van der Waals surface area contributed by atoms with Crippen molar-refractivity contribution in [2.24, 2.45) is 0 Å². The van der Waals surface area contributed by atoms with Gasteiger partial charge in [0.2, 0.25) is 0 Å². The second-order valence-corrected chi connectivity index (χ2v) is 4.38. The van der Waals surface area contributed by atoms with Crippen LogP contribution in [0.1, 0.15) is 26.5 Å². The Hall–Kier alpha value is -2.76. The minimum absolute atomic E-state index is 0.224. The second kappa shape index (κ2) is 6.13. The zero-order valence-corrected chi connectivity index (χ0v) is 12.0. The molecule has 6 nitrogen and oxygen atoms in total. The number of carbonyl (C=O) groups is 2. The van der Waals surface area contributed by atoms with Crippen LogP contribution in [0.4, 0.5) is 5.69 Å². The number of methoxy groups -OCH3 is 1. The van der Waals surface area contributed by atoms with Crippen LogP contribution in [0.25, 0.3) is 0 Å². The Labute approximate surface area is 122 Å². The molecule has 110 valence electrons. The van der Waals surface area contributed by atoms with Crippen LogP contribution in [0, 0.1) is 6.92 Å². The molecule has 0 saturated heterocycles. The lowest BCUT2D eigenvalue weighted by atomic mass is 10.1. The van der Waals surface area contributed by atoms with Gasteiger partial charge in [0.05, 0.1) is 19.1 Å². The molecule has 2 N–H and O–H groups in total. The summed E-state index contributed by atoms with van der Waals surface area (Å²) in [5.74, 6) is 0.0369. The van der Waals surface area contributed by atoms with Gasteiger partial charge in [-0.2, -0.15) is 0 Å². The average Bonchev–Trinajstić information content (AvgIpc) is 2.92. The maximum Gasteiger partial charge on any atom is 0.291 e. The van der Waals surface area contributed by atoms with Gasteiger partial charge in [-0.05, 0) is 31.2 Å². The molecule has 0 aliphatic carbocycles. The maximum atomic E-state index is 12.2. The van der Waals surface area contributed by atoms with E-state index in [-0.39, 0.29) is 11.7 Å². The van der Waals surface area contributed by atoms with E-state index in [9.17, 15) is 9.59 Å². The molecule has 1 aromatic heterocycles. The summed E-state index contributed by atoms with van der Waals surface area (Å²) in [6, 6.07) is 6.49. The number of hydrogen-bond acceptors (Lipinski definition) is 4. The van der Waals surface area contributed by atoms with E-state index in [1.807, 2.05) is 0 Å². The van der Waals surface area contributed by atoms with E-state index in [1.54, 1.807) is 31.2 Å². The Morgan fingerprint density at radius 3 is 2.52 bits per heavy atom. The van der Waals surface area contributed by atoms with Gasteiger partial charge in [-0.1, -0.05) is 0 Å². The van der Waals surface area contributed by atoms with Crippen molar-refractivity contribution in [3.05, 3.63) is 47.4 Å². The van der Waals surface area contributed by atoms with Crippen LogP contribution in [0.2, 0.25) is 0 Å². The predicted molar refractivity (Wildman–Crippen MR) is 77.8 cm³/mol. The molecule has 0 aliphatic rings. The molecule has 0 saturated carbocycles. The van der Waals surface area contributed by atoms with E-state index >= 15 is 0 Å². The van der Waals surface area contributed by atoms with Gasteiger partial charge in [-0.25, -0.2) is 0 Å². The first-order valence-electron chi connectivity index (χ1n) is 6.32. The van der Waals surface area contributed by atoms with Crippen molar-refractivity contribution < 1.29 is 18.7 Å². The molecule has 2 rings (SSSR count). The largest absolute Gasteiger partial charge is 0.495 e. The molecule has 0 aliphatic heterocycles. The summed E-state index contributed by atoms with van der Waals surface area (Å²) >= 11 is 0. The van der Waals surface area contributed by atoms with Crippen LogP contribution in [0.5, 0.6) is 5.75 Å². The Bertz CT molecular complexity index is 676. The lowest BCUT2D eigenvalue weighted by molar-refractivity contribution is 0.0960. The van der Waals surface area contributed by atoms with E-state index in [2.05, 4.69) is 10.6 Å². The lowest BCUT2D eigenvalue weighted by Crippen LogP contribution is -2.19. The van der Waals surface area contributed by atoms with E-state index in [1.165, 1.54) is 20.4 Å². The second-order valence-electron chi connectivity index (χ2n) is 4.38. The van der Waals surface area contributed by atoms with E-state index in [0.29, 0.717) is 17.0 Å². The fraction of sp³-hybridized carbons (Fsp3) is 0.200. The monoisotopic (exact) mass is 288 g/mol. The number of anilines is 1. The fourth-order valence-corrected chi connectivity index (χ4v) is 1.88. The highest BCUT2D eigenvalue weighted by molar-refractivity contribution is 6.05. The van der Waals surface area contributed by atoms with Crippen molar-refractivity contribution in [3.8, 4) is 5.75 Å². The van der Waals surface area contributed by atoms with Crippen LogP contribution in [0.15, 0.2) is 34.9 Å². The average molecular weight is 288 g/mol. The van der Waals surface area contributed by atoms with Crippen LogP contribution >= 0.6 is 0 Å². The van der Waals surface area contributed by atoms with Gasteiger partial charge < -0.3 is 19.8 Å². The molecule has 2 amide bonds. The molecule has 0 atom stereocenters. The van der Waals surface area contributed by atoms with Gasteiger partial charge >= 0.3 is 0 Å². The summed E-state index contributed by atoms with van der Waals surface area (Å²) < 4.78 is 10.3. The molecule has 0 unspecified atom stereocenters. The van der Waals surface area contributed by atoms with Crippen LogP contribution in [0.3, 0.4) is 0 Å². The first-order chi connectivity index (χ1) is 10.1. The fourth-order valence-electron chi connectivity index (χ4n) is 1.88. The zero-order chi connectivity index (χ0) is 15.4. The molecular formula is C15H16N2O4. The van der Waals surface area contributed by atoms with Crippen LogP contribution in [-0.2, 0) is 0 Å². The molecule has 1 heterocycles. The first kappa shape index (κ1) is 14.6. The molecule has 1 aromatic carbocycles. The van der Waals surface area contributed by atoms with Crippen molar-refractivity contribution in [3.63, 3.8) is 0 Å². The number of furan rings is 1. The zero-order valence-electron chi connectivity index (χ0n) is 12.0. The molecule has 21 heavy (non-hydrogen) atoms. The number of amides is 2. The lowest BCUT2D eigenvalue weighted by Gasteiger charge is -2.11. The van der Waals surface area contributed by atoms with Gasteiger partial charge in [-0.3, -0.25) is 9.59 Å². The summed E-state index contributed by atoms with van der Waals surface area (Å²) in [4.78, 5) is 23.8. The van der Waals surface area contributed by atoms with Crippen molar-refractivity contribution in [2.75, 3.05) is 19.5 Å². The minimum Gasteiger partial charge on any atom is -0.495 e. The quantitative estimate of drug-likeness (QED) is 0.904. The highest BCUT2D eigenvalue weighted by Crippen LogP contribution is 2.26. The van der Waals surface area contributed by atoms with Gasteiger partial charge in [0.15, 0.2) is 5.76 Å². The third-order valence-electron chi connectivity index (χ3n) is 3.01. The molecule has 2 aromatic rings. The Kier molecular flexibility index (Phi) is 4.27. The Morgan fingerprint density at radius 1 is 1.19 bits per heavy atom. The van der Waals surface area contributed by atoms with Gasteiger partial charge in [0.25, 0.3) is 11.8 Å². The van der Waals surface area contributed by atoms with Gasteiger partial charge in [0, 0.05) is 18.2 Å². The normalized spacial score (nSPS) is 10.0. The Morgan fingerprint density at radius 2 is 1.95 bits per heavy atom. The summed E-state index contributed by atoms with van der Waals surface area (Å²) in [5, 5.41) is 5.21. The number of aryl methyl sites for hydroxylation is 1. The maximum absolute atomic E-state index is 12.2. The molecule has 0 bridgehead atoms. The highest BCUT2D eigenvalue weighted by atomic mass is 16.5. The molecule has 0 radical (unpaired) electrons. The smallest absolute Gasteiger partial charge is 0.291 e. The molecule has 0 spiro atoms. The topological polar surface area (TPSA) is 80.6 Å². The van der Waals surface area contributed by atoms with E-state index in [4.69, 9.17) is 9.15 Å². The summed E-state index contributed by atoms with van der Waals surface area (Å²) in [6.45, 7) is 1.77. The molecular weight excluding hydrogens is 272 g/mol. The third kappa shape index (κ3) is 3.05. The predicted octanol–water partition coefficient (Wildman–Crippen LogP) is 2.21.